The minimum absolute atomic E-state index is 0.499. The number of rotatable bonds is 9. The van der Waals surface area contributed by atoms with Gasteiger partial charge >= 0.3 is 0 Å². The minimum Gasteiger partial charge on any atom is -0.493 e. The van der Waals surface area contributed by atoms with Crippen molar-refractivity contribution >= 4 is 0 Å². The summed E-state index contributed by atoms with van der Waals surface area (Å²) in [5.41, 5.74) is 2.28. The third-order valence-corrected chi connectivity index (χ3v) is 5.30. The van der Waals surface area contributed by atoms with E-state index in [0.29, 0.717) is 12.6 Å². The minimum atomic E-state index is 0.499. The van der Waals surface area contributed by atoms with E-state index in [0.717, 1.165) is 56.3 Å². The standard InChI is InChI=1S/C22H32N4O2/c1-18(26-12-10-25(2)11-13-26)15-24-16-20-4-5-21(22(14-20)27-3)28-17-19-6-8-23-9-7-19/h4-9,14,18,24H,10-13,15-17H2,1-3H3. The summed E-state index contributed by atoms with van der Waals surface area (Å²) in [6, 6.07) is 10.6. The molecular weight excluding hydrogens is 352 g/mol. The van der Waals surface area contributed by atoms with Crippen LogP contribution in [0.3, 0.4) is 0 Å². The van der Waals surface area contributed by atoms with Gasteiger partial charge in [0.15, 0.2) is 11.5 Å². The van der Waals surface area contributed by atoms with Crippen LogP contribution in [0.25, 0.3) is 0 Å². The number of likely N-dealkylation sites (N-methyl/N-ethyl adjacent to an activating group) is 1. The van der Waals surface area contributed by atoms with Crippen LogP contribution in [0.5, 0.6) is 11.5 Å². The van der Waals surface area contributed by atoms with Crippen molar-refractivity contribution in [3.8, 4) is 11.5 Å². The molecule has 1 aliphatic rings. The molecule has 1 atom stereocenters. The molecule has 6 nitrogen and oxygen atoms in total. The lowest BCUT2D eigenvalue weighted by Crippen LogP contribution is -2.50. The second-order valence-electron chi connectivity index (χ2n) is 7.45. The number of methoxy groups -OCH3 is 1. The molecular formula is C22H32N4O2. The number of aromatic nitrogens is 1. The van der Waals surface area contributed by atoms with Crippen molar-refractivity contribution in [1.29, 1.82) is 0 Å². The van der Waals surface area contributed by atoms with Crippen LogP contribution >= 0.6 is 0 Å². The number of benzene rings is 1. The number of piperazine rings is 1. The van der Waals surface area contributed by atoms with E-state index >= 15 is 0 Å². The van der Waals surface area contributed by atoms with Crippen LogP contribution in [-0.4, -0.2) is 67.7 Å². The van der Waals surface area contributed by atoms with Gasteiger partial charge in [0.1, 0.15) is 6.61 Å². The highest BCUT2D eigenvalue weighted by Gasteiger charge is 2.18. The molecule has 1 aliphatic heterocycles. The maximum absolute atomic E-state index is 5.92. The Bertz CT molecular complexity index is 718. The quantitative estimate of drug-likeness (QED) is 0.716. The average molecular weight is 385 g/mol. The van der Waals surface area contributed by atoms with Gasteiger partial charge in [0.05, 0.1) is 7.11 Å². The Morgan fingerprint density at radius 2 is 1.79 bits per heavy atom. The Morgan fingerprint density at radius 1 is 1.04 bits per heavy atom. The first kappa shape index (κ1) is 20.6. The normalized spacial score (nSPS) is 16.7. The zero-order valence-corrected chi connectivity index (χ0v) is 17.2. The van der Waals surface area contributed by atoms with Crippen LogP contribution in [0.15, 0.2) is 42.7 Å². The first-order valence-electron chi connectivity index (χ1n) is 9.97. The predicted molar refractivity (Wildman–Crippen MR) is 112 cm³/mol. The largest absolute Gasteiger partial charge is 0.493 e. The highest BCUT2D eigenvalue weighted by molar-refractivity contribution is 5.43. The van der Waals surface area contributed by atoms with Crippen molar-refractivity contribution in [3.63, 3.8) is 0 Å². The molecule has 0 aliphatic carbocycles. The van der Waals surface area contributed by atoms with E-state index in [9.17, 15) is 0 Å². The van der Waals surface area contributed by atoms with Crippen LogP contribution in [0.1, 0.15) is 18.1 Å². The SMILES string of the molecule is COc1cc(CNCC(C)N2CCN(C)CC2)ccc1OCc1ccncc1. The molecule has 2 aromatic rings. The van der Waals surface area contributed by atoms with Crippen molar-refractivity contribution in [2.24, 2.45) is 0 Å². The van der Waals surface area contributed by atoms with Gasteiger partial charge < -0.3 is 19.7 Å². The molecule has 3 rings (SSSR count). The molecule has 6 heteroatoms. The third-order valence-electron chi connectivity index (χ3n) is 5.30. The number of hydrogen-bond donors (Lipinski definition) is 1. The van der Waals surface area contributed by atoms with Crippen LogP contribution in [0, 0.1) is 0 Å². The lowest BCUT2D eigenvalue weighted by atomic mass is 10.2. The first-order chi connectivity index (χ1) is 13.7. The summed E-state index contributed by atoms with van der Waals surface area (Å²) in [6.07, 6.45) is 3.54. The fourth-order valence-electron chi connectivity index (χ4n) is 3.40. The van der Waals surface area contributed by atoms with E-state index in [2.05, 4.69) is 46.2 Å². The van der Waals surface area contributed by atoms with Crippen molar-refractivity contribution < 1.29 is 9.47 Å². The number of pyridine rings is 1. The maximum Gasteiger partial charge on any atom is 0.161 e. The Balaban J connectivity index is 1.48. The number of hydrogen-bond acceptors (Lipinski definition) is 6. The fraction of sp³-hybridized carbons (Fsp3) is 0.500. The highest BCUT2D eigenvalue weighted by Crippen LogP contribution is 2.28. The summed E-state index contributed by atoms with van der Waals surface area (Å²) in [7, 11) is 3.87. The van der Waals surface area contributed by atoms with E-state index in [-0.39, 0.29) is 0 Å². The molecule has 0 radical (unpaired) electrons. The summed E-state index contributed by atoms with van der Waals surface area (Å²) in [4.78, 5) is 8.98. The second-order valence-corrected chi connectivity index (χ2v) is 7.45. The van der Waals surface area contributed by atoms with E-state index in [1.807, 2.05) is 18.2 Å². The van der Waals surface area contributed by atoms with E-state index in [1.54, 1.807) is 19.5 Å². The Labute approximate surface area is 168 Å². The molecule has 0 saturated carbocycles. The molecule has 28 heavy (non-hydrogen) atoms. The lowest BCUT2D eigenvalue weighted by molar-refractivity contribution is 0.118. The molecule has 1 aromatic carbocycles. The van der Waals surface area contributed by atoms with Gasteiger partial charge in [-0.1, -0.05) is 6.07 Å². The van der Waals surface area contributed by atoms with Crippen molar-refractivity contribution in [3.05, 3.63) is 53.9 Å². The topological polar surface area (TPSA) is 49.9 Å². The molecule has 1 unspecified atom stereocenters. The van der Waals surface area contributed by atoms with Gasteiger partial charge in [-0.05, 0) is 49.4 Å². The lowest BCUT2D eigenvalue weighted by Gasteiger charge is -2.36. The summed E-state index contributed by atoms with van der Waals surface area (Å²) < 4.78 is 11.4. The van der Waals surface area contributed by atoms with E-state index in [4.69, 9.17) is 9.47 Å². The summed E-state index contributed by atoms with van der Waals surface area (Å²) in [6.45, 7) is 9.21. The average Bonchev–Trinajstić information content (AvgIpc) is 2.73. The Hall–Kier alpha value is -2.15. The first-order valence-corrected chi connectivity index (χ1v) is 9.97. The van der Waals surface area contributed by atoms with Gasteiger partial charge in [0.25, 0.3) is 0 Å². The van der Waals surface area contributed by atoms with Crippen LogP contribution in [0.2, 0.25) is 0 Å². The molecule has 0 spiro atoms. The summed E-state index contributed by atoms with van der Waals surface area (Å²) in [5.74, 6) is 1.52. The monoisotopic (exact) mass is 384 g/mol. The van der Waals surface area contributed by atoms with Crippen LogP contribution in [-0.2, 0) is 13.2 Å². The predicted octanol–water partition coefficient (Wildman–Crippen LogP) is 2.39. The fourth-order valence-corrected chi connectivity index (χ4v) is 3.40. The Morgan fingerprint density at radius 3 is 2.50 bits per heavy atom. The van der Waals surface area contributed by atoms with Gasteiger partial charge in [-0.2, -0.15) is 0 Å². The highest BCUT2D eigenvalue weighted by atomic mass is 16.5. The van der Waals surface area contributed by atoms with Crippen molar-refractivity contribution in [2.45, 2.75) is 26.1 Å². The zero-order chi connectivity index (χ0) is 19.8. The molecule has 1 fully saturated rings. The Kier molecular flexibility index (Phi) is 7.65. The summed E-state index contributed by atoms with van der Waals surface area (Å²) in [5, 5.41) is 3.58. The van der Waals surface area contributed by atoms with Gasteiger partial charge in [-0.15, -0.1) is 0 Å². The van der Waals surface area contributed by atoms with Crippen molar-refractivity contribution in [1.82, 2.24) is 20.1 Å². The molecule has 1 aromatic heterocycles. The zero-order valence-electron chi connectivity index (χ0n) is 17.2. The number of nitrogens with zero attached hydrogens (tertiary/aromatic N) is 3. The molecule has 2 heterocycles. The smallest absolute Gasteiger partial charge is 0.161 e. The molecule has 152 valence electrons. The maximum atomic E-state index is 5.92. The summed E-state index contributed by atoms with van der Waals surface area (Å²) >= 11 is 0. The molecule has 0 bridgehead atoms. The van der Waals surface area contributed by atoms with Crippen molar-refractivity contribution in [2.75, 3.05) is 46.9 Å². The van der Waals surface area contributed by atoms with Crippen LogP contribution < -0.4 is 14.8 Å². The number of ether oxygens (including phenoxy) is 2. The van der Waals surface area contributed by atoms with E-state index < -0.39 is 0 Å². The van der Waals surface area contributed by atoms with Gasteiger partial charge in [-0.25, -0.2) is 0 Å². The second kappa shape index (κ2) is 10.4. The van der Waals surface area contributed by atoms with Gasteiger partial charge in [0.2, 0.25) is 0 Å². The molecule has 1 N–H and O–H groups in total. The van der Waals surface area contributed by atoms with Gasteiger partial charge in [-0.3, -0.25) is 9.88 Å². The third kappa shape index (κ3) is 5.92. The molecule has 1 saturated heterocycles. The molecule has 0 amide bonds. The van der Waals surface area contributed by atoms with Gasteiger partial charge in [0, 0.05) is 57.7 Å². The number of nitrogens with one attached hydrogen (secondary N) is 1. The van der Waals surface area contributed by atoms with E-state index in [1.165, 1.54) is 5.56 Å². The van der Waals surface area contributed by atoms with Crippen LogP contribution in [0.4, 0.5) is 0 Å².